The predicted molar refractivity (Wildman–Crippen MR) is 73.2 cm³/mol. The Bertz CT molecular complexity index is 723. The van der Waals surface area contributed by atoms with Gasteiger partial charge in [-0.05, 0) is 42.8 Å². The first kappa shape index (κ1) is 12.3. The Morgan fingerprint density at radius 2 is 2.10 bits per heavy atom. The fraction of sp³-hybridized carbons (Fsp3) is 0.133. The second kappa shape index (κ2) is 5.13. The highest BCUT2D eigenvalue weighted by atomic mass is 16.5. The van der Waals surface area contributed by atoms with E-state index in [-0.39, 0.29) is 5.75 Å². The Morgan fingerprint density at radius 1 is 1.20 bits per heavy atom. The largest absolute Gasteiger partial charge is 0.508 e. The maximum absolute atomic E-state index is 9.41. The van der Waals surface area contributed by atoms with Gasteiger partial charge >= 0.3 is 0 Å². The number of phenolic OH excluding ortho intramolecular Hbond substituents is 1. The summed E-state index contributed by atoms with van der Waals surface area (Å²) in [5, 5.41) is 13.4. The summed E-state index contributed by atoms with van der Waals surface area (Å²) in [5.41, 5.74) is 2.60. The maximum atomic E-state index is 9.41. The SMILES string of the molecule is Cc1cc(O)ccc1-c1nc(Cc2ccccn2)no1. The lowest BCUT2D eigenvalue weighted by Crippen LogP contribution is -1.93. The molecule has 2 aromatic heterocycles. The van der Waals surface area contributed by atoms with Crippen LogP contribution in [0.5, 0.6) is 5.75 Å². The molecule has 3 rings (SSSR count). The summed E-state index contributed by atoms with van der Waals surface area (Å²) in [6.07, 6.45) is 2.27. The average molecular weight is 267 g/mol. The van der Waals surface area contributed by atoms with Gasteiger partial charge < -0.3 is 9.63 Å². The first-order chi connectivity index (χ1) is 9.72. The first-order valence-corrected chi connectivity index (χ1v) is 6.25. The van der Waals surface area contributed by atoms with E-state index in [0.717, 1.165) is 16.8 Å². The number of hydrogen-bond acceptors (Lipinski definition) is 5. The van der Waals surface area contributed by atoms with Crippen molar-refractivity contribution in [1.29, 1.82) is 0 Å². The van der Waals surface area contributed by atoms with Gasteiger partial charge in [-0.1, -0.05) is 11.2 Å². The molecule has 0 radical (unpaired) electrons. The van der Waals surface area contributed by atoms with Crippen LogP contribution in [0, 0.1) is 6.92 Å². The second-order valence-corrected chi connectivity index (χ2v) is 4.51. The molecule has 1 aromatic carbocycles. The van der Waals surface area contributed by atoms with Gasteiger partial charge in [-0.15, -0.1) is 0 Å². The minimum absolute atomic E-state index is 0.222. The summed E-state index contributed by atoms with van der Waals surface area (Å²) >= 11 is 0. The summed E-state index contributed by atoms with van der Waals surface area (Å²) in [6.45, 7) is 1.89. The van der Waals surface area contributed by atoms with E-state index in [9.17, 15) is 5.11 Å². The molecule has 0 unspecified atom stereocenters. The number of nitrogens with zero attached hydrogens (tertiary/aromatic N) is 3. The molecule has 0 fully saturated rings. The smallest absolute Gasteiger partial charge is 0.258 e. The highest BCUT2D eigenvalue weighted by Gasteiger charge is 2.12. The monoisotopic (exact) mass is 267 g/mol. The molecule has 0 atom stereocenters. The van der Waals surface area contributed by atoms with E-state index in [2.05, 4.69) is 15.1 Å². The van der Waals surface area contributed by atoms with Crippen LogP contribution in [0.1, 0.15) is 17.1 Å². The van der Waals surface area contributed by atoms with E-state index >= 15 is 0 Å². The van der Waals surface area contributed by atoms with Crippen molar-refractivity contribution in [1.82, 2.24) is 15.1 Å². The third-order valence-corrected chi connectivity index (χ3v) is 2.97. The number of rotatable bonds is 3. The zero-order valence-electron chi connectivity index (χ0n) is 10.9. The molecule has 0 saturated carbocycles. The zero-order chi connectivity index (χ0) is 13.9. The van der Waals surface area contributed by atoms with Crippen LogP contribution in [0.15, 0.2) is 47.1 Å². The molecule has 0 aliphatic heterocycles. The molecule has 3 aromatic rings. The third-order valence-electron chi connectivity index (χ3n) is 2.97. The third kappa shape index (κ3) is 2.51. The van der Waals surface area contributed by atoms with Crippen LogP contribution in [-0.2, 0) is 6.42 Å². The van der Waals surface area contributed by atoms with Crippen LogP contribution in [0.4, 0.5) is 0 Å². The Morgan fingerprint density at radius 3 is 2.85 bits per heavy atom. The molecule has 0 amide bonds. The standard InChI is InChI=1S/C15H13N3O2/c1-10-8-12(19)5-6-13(10)15-17-14(18-20-15)9-11-4-2-3-7-16-11/h2-8,19H,9H2,1H3. The van der Waals surface area contributed by atoms with Crippen molar-refractivity contribution in [2.24, 2.45) is 0 Å². The van der Waals surface area contributed by atoms with Gasteiger partial charge in [0.1, 0.15) is 5.75 Å². The molecule has 1 N–H and O–H groups in total. The van der Waals surface area contributed by atoms with Gasteiger partial charge in [0.05, 0.1) is 6.42 Å². The first-order valence-electron chi connectivity index (χ1n) is 6.25. The molecule has 5 heteroatoms. The summed E-state index contributed by atoms with van der Waals surface area (Å²) in [6, 6.07) is 10.7. The molecule has 0 spiro atoms. The zero-order valence-corrected chi connectivity index (χ0v) is 10.9. The molecule has 2 heterocycles. The summed E-state index contributed by atoms with van der Waals surface area (Å²) in [7, 11) is 0. The minimum Gasteiger partial charge on any atom is -0.508 e. The Labute approximate surface area is 115 Å². The number of phenols is 1. The van der Waals surface area contributed by atoms with E-state index in [1.165, 1.54) is 0 Å². The molecular weight excluding hydrogens is 254 g/mol. The minimum atomic E-state index is 0.222. The van der Waals surface area contributed by atoms with Gasteiger partial charge in [-0.25, -0.2) is 0 Å². The predicted octanol–water partition coefficient (Wildman–Crippen LogP) is 2.74. The van der Waals surface area contributed by atoms with Crippen LogP contribution in [0.3, 0.4) is 0 Å². The molecule has 5 nitrogen and oxygen atoms in total. The number of benzene rings is 1. The Balaban J connectivity index is 1.87. The van der Waals surface area contributed by atoms with Crippen LogP contribution in [0.25, 0.3) is 11.5 Å². The molecule has 100 valence electrons. The molecule has 0 bridgehead atoms. The molecule has 20 heavy (non-hydrogen) atoms. The Hall–Kier alpha value is -2.69. The van der Waals surface area contributed by atoms with Gasteiger partial charge in [0.25, 0.3) is 5.89 Å². The molecule has 0 saturated heterocycles. The summed E-state index contributed by atoms with van der Waals surface area (Å²) in [5.74, 6) is 1.26. The van der Waals surface area contributed by atoms with Crippen molar-refractivity contribution < 1.29 is 9.63 Å². The average Bonchev–Trinajstić information content (AvgIpc) is 2.88. The summed E-state index contributed by atoms with van der Waals surface area (Å²) in [4.78, 5) is 8.60. The number of pyridine rings is 1. The lowest BCUT2D eigenvalue weighted by atomic mass is 10.1. The normalized spacial score (nSPS) is 10.7. The topological polar surface area (TPSA) is 72.0 Å². The fourth-order valence-corrected chi connectivity index (χ4v) is 1.99. The van der Waals surface area contributed by atoms with Gasteiger partial charge in [0, 0.05) is 17.5 Å². The number of aromatic hydroxyl groups is 1. The van der Waals surface area contributed by atoms with E-state index < -0.39 is 0 Å². The van der Waals surface area contributed by atoms with Crippen LogP contribution in [0.2, 0.25) is 0 Å². The van der Waals surface area contributed by atoms with Gasteiger partial charge in [-0.2, -0.15) is 4.98 Å². The van der Waals surface area contributed by atoms with Gasteiger partial charge in [-0.3, -0.25) is 4.98 Å². The number of aryl methyl sites for hydroxylation is 1. The van der Waals surface area contributed by atoms with E-state index in [0.29, 0.717) is 18.1 Å². The maximum Gasteiger partial charge on any atom is 0.258 e. The van der Waals surface area contributed by atoms with E-state index in [1.807, 2.05) is 25.1 Å². The van der Waals surface area contributed by atoms with Crippen molar-refractivity contribution >= 4 is 0 Å². The lowest BCUT2D eigenvalue weighted by Gasteiger charge is -2.00. The lowest BCUT2D eigenvalue weighted by molar-refractivity contribution is 0.423. The van der Waals surface area contributed by atoms with Crippen molar-refractivity contribution in [2.45, 2.75) is 13.3 Å². The van der Waals surface area contributed by atoms with Gasteiger partial charge in [0.15, 0.2) is 5.82 Å². The quantitative estimate of drug-likeness (QED) is 0.790. The second-order valence-electron chi connectivity index (χ2n) is 4.51. The van der Waals surface area contributed by atoms with Crippen molar-refractivity contribution in [3.05, 3.63) is 59.7 Å². The summed E-state index contributed by atoms with van der Waals surface area (Å²) < 4.78 is 5.27. The number of hydrogen-bond donors (Lipinski definition) is 1. The van der Waals surface area contributed by atoms with Crippen LogP contribution >= 0.6 is 0 Å². The highest BCUT2D eigenvalue weighted by Crippen LogP contribution is 2.25. The van der Waals surface area contributed by atoms with E-state index in [4.69, 9.17) is 4.52 Å². The highest BCUT2D eigenvalue weighted by molar-refractivity contribution is 5.59. The number of aromatic nitrogens is 3. The van der Waals surface area contributed by atoms with Crippen LogP contribution < -0.4 is 0 Å². The van der Waals surface area contributed by atoms with Gasteiger partial charge in [0.2, 0.25) is 0 Å². The van der Waals surface area contributed by atoms with Crippen LogP contribution in [-0.4, -0.2) is 20.2 Å². The van der Waals surface area contributed by atoms with Crippen molar-refractivity contribution in [3.8, 4) is 17.2 Å². The molecular formula is C15H13N3O2. The Kier molecular flexibility index (Phi) is 3.16. The molecule has 0 aliphatic rings. The van der Waals surface area contributed by atoms with Crippen molar-refractivity contribution in [3.63, 3.8) is 0 Å². The molecule has 0 aliphatic carbocycles. The fourth-order valence-electron chi connectivity index (χ4n) is 1.99. The van der Waals surface area contributed by atoms with Crippen molar-refractivity contribution in [2.75, 3.05) is 0 Å². The van der Waals surface area contributed by atoms with E-state index in [1.54, 1.807) is 24.4 Å².